The van der Waals surface area contributed by atoms with Crippen LogP contribution in [0.15, 0.2) is 23.3 Å². The van der Waals surface area contributed by atoms with Crippen molar-refractivity contribution in [2.24, 2.45) is 0 Å². The molecule has 0 radical (unpaired) electrons. The van der Waals surface area contributed by atoms with Crippen molar-refractivity contribution in [1.82, 2.24) is 0 Å². The topological polar surface area (TPSA) is 26.3 Å². The van der Waals surface area contributed by atoms with Gasteiger partial charge in [0.15, 0.2) is 7.37 Å². The molecule has 0 N–H and O–H groups in total. The third-order valence-corrected chi connectivity index (χ3v) is 2.68. The van der Waals surface area contributed by atoms with Gasteiger partial charge in [0.2, 0.25) is 0 Å². The van der Waals surface area contributed by atoms with E-state index in [2.05, 4.69) is 26.8 Å². The molecule has 0 spiro atoms. The average Bonchev–Trinajstić information content (AvgIpc) is 2.00. The van der Waals surface area contributed by atoms with E-state index in [-0.39, 0.29) is 0 Å². The minimum absolute atomic E-state index is 0.463. The normalized spacial score (nSPS) is 12.7. The van der Waals surface area contributed by atoms with Gasteiger partial charge in [0.25, 0.3) is 0 Å². The van der Waals surface area contributed by atoms with Gasteiger partial charge in [-0.15, -0.1) is 0 Å². The van der Waals surface area contributed by atoms with Gasteiger partial charge < -0.3 is 4.52 Å². The molecule has 0 aromatic carbocycles. The number of hydrogen-bond acceptors (Lipinski definition) is 2. The van der Waals surface area contributed by atoms with Gasteiger partial charge in [-0.3, -0.25) is 4.57 Å². The Bertz CT molecular complexity index is 280. The van der Waals surface area contributed by atoms with Crippen LogP contribution >= 0.6 is 7.37 Å². The summed E-state index contributed by atoms with van der Waals surface area (Å²) in [6.07, 6.45) is 6.36. The van der Waals surface area contributed by atoms with Crippen LogP contribution in [0.1, 0.15) is 33.6 Å². The van der Waals surface area contributed by atoms with Gasteiger partial charge in [0.05, 0.1) is 6.61 Å². The molecule has 0 atom stereocenters. The van der Waals surface area contributed by atoms with E-state index in [9.17, 15) is 4.57 Å². The Balaban J connectivity index is 3.80. The van der Waals surface area contributed by atoms with Crippen molar-refractivity contribution < 1.29 is 9.09 Å². The van der Waals surface area contributed by atoms with E-state index in [4.69, 9.17) is 4.52 Å². The molecule has 0 aromatic heterocycles. The molecule has 0 heterocycles. The summed E-state index contributed by atoms with van der Waals surface area (Å²) in [6.45, 7) is 10.0. The molecule has 15 heavy (non-hydrogen) atoms. The molecule has 0 unspecified atom stereocenters. The summed E-state index contributed by atoms with van der Waals surface area (Å²) in [5.41, 5.74) is 2.65. The molecule has 0 aliphatic heterocycles. The molecule has 0 aliphatic rings. The fourth-order valence-electron chi connectivity index (χ4n) is 1.05. The molecule has 0 fully saturated rings. The third kappa shape index (κ3) is 11.6. The zero-order chi connectivity index (χ0) is 11.9. The quantitative estimate of drug-likeness (QED) is 0.504. The summed E-state index contributed by atoms with van der Waals surface area (Å²) in [4.78, 5) is 0. The molecular formula is C12H23O2P. The maximum atomic E-state index is 11.2. The van der Waals surface area contributed by atoms with Crippen molar-refractivity contribution in [2.75, 3.05) is 19.9 Å². The fourth-order valence-corrected chi connectivity index (χ4v) is 1.48. The smallest absolute Gasteiger partial charge is 0.197 e. The van der Waals surface area contributed by atoms with Crippen LogP contribution in [0.4, 0.5) is 0 Å². The van der Waals surface area contributed by atoms with Crippen LogP contribution in [0.2, 0.25) is 0 Å². The molecule has 0 saturated heterocycles. The monoisotopic (exact) mass is 230 g/mol. The summed E-state index contributed by atoms with van der Waals surface area (Å²) < 4.78 is 16.4. The second-order valence-corrected chi connectivity index (χ2v) is 7.18. The van der Waals surface area contributed by atoms with E-state index in [1.165, 1.54) is 11.1 Å². The van der Waals surface area contributed by atoms with Crippen LogP contribution in [0.25, 0.3) is 0 Å². The number of rotatable bonds is 6. The zero-order valence-electron chi connectivity index (χ0n) is 10.5. The van der Waals surface area contributed by atoms with Crippen molar-refractivity contribution in [3.05, 3.63) is 23.3 Å². The van der Waals surface area contributed by atoms with Crippen LogP contribution in [-0.2, 0) is 9.09 Å². The summed E-state index contributed by atoms with van der Waals surface area (Å²) in [5, 5.41) is 0. The fraction of sp³-hybridized carbons (Fsp3) is 0.667. The van der Waals surface area contributed by atoms with E-state index < -0.39 is 7.37 Å². The Kier molecular flexibility index (Phi) is 6.87. The van der Waals surface area contributed by atoms with Gasteiger partial charge in [-0.25, -0.2) is 0 Å². The largest absolute Gasteiger partial charge is 0.325 e. The standard InChI is InChI=1S/C12H23O2P/c1-11(2)7-6-8-12(3)9-10-14-15(4,5)13/h7,9H,6,8,10H2,1-5H3/b12-9+. The Morgan fingerprint density at radius 2 is 1.80 bits per heavy atom. The Labute approximate surface area is 93.9 Å². The maximum absolute atomic E-state index is 11.2. The van der Waals surface area contributed by atoms with Crippen LogP contribution in [0.5, 0.6) is 0 Å². The lowest BCUT2D eigenvalue weighted by Crippen LogP contribution is -1.88. The zero-order valence-corrected chi connectivity index (χ0v) is 11.4. The Hall–Kier alpha value is -0.330. The molecule has 0 aliphatic carbocycles. The molecule has 2 nitrogen and oxygen atoms in total. The first kappa shape index (κ1) is 14.7. The predicted octanol–water partition coefficient (Wildman–Crippen LogP) is 4.23. The highest BCUT2D eigenvalue weighted by Crippen LogP contribution is 2.36. The highest BCUT2D eigenvalue weighted by Gasteiger charge is 2.04. The van der Waals surface area contributed by atoms with E-state index in [1.807, 2.05) is 6.08 Å². The van der Waals surface area contributed by atoms with Crippen LogP contribution in [0, 0.1) is 0 Å². The van der Waals surface area contributed by atoms with E-state index >= 15 is 0 Å². The average molecular weight is 230 g/mol. The molecule has 0 bridgehead atoms. The van der Waals surface area contributed by atoms with Gasteiger partial charge in [0, 0.05) is 13.3 Å². The minimum atomic E-state index is -2.32. The van der Waals surface area contributed by atoms with Gasteiger partial charge >= 0.3 is 0 Å². The van der Waals surface area contributed by atoms with Gasteiger partial charge in [0.1, 0.15) is 0 Å². The van der Waals surface area contributed by atoms with Gasteiger partial charge in [-0.1, -0.05) is 23.3 Å². The first-order valence-electron chi connectivity index (χ1n) is 5.30. The van der Waals surface area contributed by atoms with E-state index in [0.29, 0.717) is 6.61 Å². The Morgan fingerprint density at radius 3 is 2.27 bits per heavy atom. The maximum Gasteiger partial charge on any atom is 0.197 e. The highest BCUT2D eigenvalue weighted by molar-refractivity contribution is 7.57. The lowest BCUT2D eigenvalue weighted by molar-refractivity contribution is 0.360. The molecular weight excluding hydrogens is 207 g/mol. The van der Waals surface area contributed by atoms with Crippen LogP contribution < -0.4 is 0 Å². The van der Waals surface area contributed by atoms with Crippen molar-refractivity contribution in [3.8, 4) is 0 Å². The second-order valence-electron chi connectivity index (χ2n) is 4.42. The molecule has 0 rings (SSSR count). The highest BCUT2D eigenvalue weighted by atomic mass is 31.2. The van der Waals surface area contributed by atoms with E-state index in [1.54, 1.807) is 13.3 Å². The summed E-state index contributed by atoms with van der Waals surface area (Å²) in [6, 6.07) is 0. The second kappa shape index (κ2) is 7.03. The van der Waals surface area contributed by atoms with Crippen molar-refractivity contribution >= 4 is 7.37 Å². The van der Waals surface area contributed by atoms with Crippen molar-refractivity contribution in [2.45, 2.75) is 33.6 Å². The summed E-state index contributed by atoms with van der Waals surface area (Å²) in [5.74, 6) is 0. The van der Waals surface area contributed by atoms with Crippen molar-refractivity contribution in [1.29, 1.82) is 0 Å². The van der Waals surface area contributed by atoms with Gasteiger partial charge in [-0.05, 0) is 33.6 Å². The van der Waals surface area contributed by atoms with E-state index in [0.717, 1.165) is 12.8 Å². The van der Waals surface area contributed by atoms with Crippen LogP contribution in [-0.4, -0.2) is 19.9 Å². The number of allylic oxidation sites excluding steroid dienone is 3. The SMILES string of the molecule is CC(C)=CCC/C(C)=C/COP(C)(C)=O. The molecule has 0 amide bonds. The third-order valence-electron chi connectivity index (χ3n) is 1.91. The molecule has 3 heteroatoms. The van der Waals surface area contributed by atoms with Crippen LogP contribution in [0.3, 0.4) is 0 Å². The summed E-state index contributed by atoms with van der Waals surface area (Å²) in [7, 11) is -2.32. The summed E-state index contributed by atoms with van der Waals surface area (Å²) >= 11 is 0. The Morgan fingerprint density at radius 1 is 1.20 bits per heavy atom. The molecule has 88 valence electrons. The minimum Gasteiger partial charge on any atom is -0.325 e. The molecule has 0 aromatic rings. The first-order chi connectivity index (χ1) is 6.81. The number of hydrogen-bond donors (Lipinski definition) is 0. The van der Waals surface area contributed by atoms with Crippen molar-refractivity contribution in [3.63, 3.8) is 0 Å². The lowest BCUT2D eigenvalue weighted by Gasteiger charge is -2.06. The molecule has 0 saturated carbocycles. The lowest BCUT2D eigenvalue weighted by atomic mass is 10.1. The van der Waals surface area contributed by atoms with Gasteiger partial charge in [-0.2, -0.15) is 0 Å². The predicted molar refractivity (Wildman–Crippen MR) is 67.8 cm³/mol. The first-order valence-corrected chi connectivity index (χ1v) is 7.81.